The van der Waals surface area contributed by atoms with Gasteiger partial charge in [-0.1, -0.05) is 0 Å². The van der Waals surface area contributed by atoms with E-state index in [1.807, 2.05) is 0 Å². The van der Waals surface area contributed by atoms with Crippen LogP contribution in [0.3, 0.4) is 0 Å². The highest BCUT2D eigenvalue weighted by Crippen LogP contribution is 2.42. The van der Waals surface area contributed by atoms with Crippen molar-refractivity contribution >= 4 is 0 Å². The summed E-state index contributed by atoms with van der Waals surface area (Å²) in [5.74, 6) is 0. The number of aliphatic hydroxyl groups excluding tert-OH is 1. The van der Waals surface area contributed by atoms with Crippen LogP contribution in [0.1, 0.15) is 19.3 Å². The second kappa shape index (κ2) is 2.98. The molecule has 0 aliphatic carbocycles. The van der Waals surface area contributed by atoms with Crippen LogP contribution < -0.4 is 5.73 Å². The third-order valence-corrected chi connectivity index (χ3v) is 3.71. The third-order valence-electron chi connectivity index (χ3n) is 3.71. The Morgan fingerprint density at radius 1 is 1.25 bits per heavy atom. The zero-order valence-corrected chi connectivity index (χ0v) is 7.50. The Morgan fingerprint density at radius 2 is 1.75 bits per heavy atom. The fourth-order valence-corrected chi connectivity index (χ4v) is 2.60. The lowest BCUT2D eigenvalue weighted by molar-refractivity contribution is -0.0642. The molecule has 0 spiro atoms. The second-order valence-electron chi connectivity index (χ2n) is 4.21. The largest absolute Gasteiger partial charge is 0.391 e. The second-order valence-corrected chi connectivity index (χ2v) is 4.21. The molecule has 0 aromatic rings. The maximum atomic E-state index is 9.81. The Kier molecular flexibility index (Phi) is 2.10. The molecule has 1 unspecified atom stereocenters. The van der Waals surface area contributed by atoms with Gasteiger partial charge in [-0.3, -0.25) is 0 Å². The number of aliphatic hydroxyl groups is 1. The molecular weight excluding hydrogens is 152 g/mol. The predicted molar refractivity (Wildman–Crippen MR) is 47.8 cm³/mol. The van der Waals surface area contributed by atoms with Crippen LogP contribution in [0, 0.1) is 5.41 Å². The van der Waals surface area contributed by atoms with E-state index in [-0.39, 0.29) is 11.5 Å². The lowest BCUT2D eigenvalue weighted by Gasteiger charge is -2.50. The molecule has 3 N–H and O–H groups in total. The molecule has 3 saturated heterocycles. The van der Waals surface area contributed by atoms with Gasteiger partial charge in [0.15, 0.2) is 0 Å². The van der Waals surface area contributed by atoms with Gasteiger partial charge in [0, 0.05) is 12.0 Å². The van der Waals surface area contributed by atoms with Crippen LogP contribution in [0.4, 0.5) is 0 Å². The summed E-state index contributed by atoms with van der Waals surface area (Å²) < 4.78 is 0. The molecule has 1 atom stereocenters. The predicted octanol–water partition coefficient (Wildman–Crippen LogP) is -0.208. The minimum Gasteiger partial charge on any atom is -0.391 e. The van der Waals surface area contributed by atoms with E-state index in [4.69, 9.17) is 5.73 Å². The van der Waals surface area contributed by atoms with Crippen LogP contribution in [0.2, 0.25) is 0 Å². The molecule has 0 amide bonds. The summed E-state index contributed by atoms with van der Waals surface area (Å²) in [4.78, 5) is 2.48. The average Bonchev–Trinajstić information content (AvgIpc) is 2.19. The van der Waals surface area contributed by atoms with Gasteiger partial charge in [-0.2, -0.15) is 0 Å². The standard InChI is InChI=1S/C9H18N2O/c10-7-8(12)9-1-4-11(5-2-9)6-3-9/h8,12H,1-7,10H2. The molecular formula is C9H18N2O. The molecule has 70 valence electrons. The molecule has 0 aromatic carbocycles. The minimum atomic E-state index is -0.264. The van der Waals surface area contributed by atoms with Gasteiger partial charge < -0.3 is 15.7 Å². The van der Waals surface area contributed by atoms with E-state index in [0.29, 0.717) is 6.54 Å². The number of piperidine rings is 3. The third kappa shape index (κ3) is 1.16. The van der Waals surface area contributed by atoms with E-state index in [0.717, 1.165) is 38.9 Å². The van der Waals surface area contributed by atoms with Gasteiger partial charge in [-0.15, -0.1) is 0 Å². The molecule has 3 heterocycles. The molecule has 3 nitrogen and oxygen atoms in total. The summed E-state index contributed by atoms with van der Waals surface area (Å²) in [7, 11) is 0. The van der Waals surface area contributed by atoms with Gasteiger partial charge in [0.2, 0.25) is 0 Å². The minimum absolute atomic E-state index is 0.184. The molecule has 0 aromatic heterocycles. The lowest BCUT2D eigenvalue weighted by Crippen LogP contribution is -2.54. The van der Waals surface area contributed by atoms with Crippen LogP contribution in [0.25, 0.3) is 0 Å². The van der Waals surface area contributed by atoms with Gasteiger partial charge in [-0.05, 0) is 38.9 Å². The molecule has 3 aliphatic heterocycles. The molecule has 3 heteroatoms. The van der Waals surface area contributed by atoms with Crippen molar-refractivity contribution in [3.8, 4) is 0 Å². The summed E-state index contributed by atoms with van der Waals surface area (Å²) in [6, 6.07) is 0. The highest BCUT2D eigenvalue weighted by atomic mass is 16.3. The number of nitrogens with two attached hydrogens (primary N) is 1. The Labute approximate surface area is 73.5 Å². The zero-order valence-electron chi connectivity index (χ0n) is 7.50. The normalized spacial score (nSPS) is 43.0. The highest BCUT2D eigenvalue weighted by Gasteiger charge is 2.43. The van der Waals surface area contributed by atoms with Crippen LogP contribution in [-0.4, -0.2) is 42.3 Å². The number of rotatable bonds is 2. The van der Waals surface area contributed by atoms with Crippen molar-refractivity contribution in [2.24, 2.45) is 11.1 Å². The van der Waals surface area contributed by atoms with Gasteiger partial charge in [-0.25, -0.2) is 0 Å². The Hall–Kier alpha value is -0.120. The summed E-state index contributed by atoms with van der Waals surface area (Å²) in [5, 5.41) is 9.81. The summed E-state index contributed by atoms with van der Waals surface area (Å²) in [5.41, 5.74) is 5.70. The van der Waals surface area contributed by atoms with Gasteiger partial charge in [0.05, 0.1) is 6.10 Å². The van der Waals surface area contributed by atoms with Crippen LogP contribution in [-0.2, 0) is 0 Å². The average molecular weight is 170 g/mol. The Balaban J connectivity index is 2.08. The first-order valence-electron chi connectivity index (χ1n) is 4.87. The summed E-state index contributed by atoms with van der Waals surface area (Å²) >= 11 is 0. The molecule has 2 bridgehead atoms. The first-order valence-corrected chi connectivity index (χ1v) is 4.87. The molecule has 3 fully saturated rings. The lowest BCUT2D eigenvalue weighted by atomic mass is 9.68. The van der Waals surface area contributed by atoms with E-state index in [1.165, 1.54) is 0 Å². The molecule has 12 heavy (non-hydrogen) atoms. The summed E-state index contributed by atoms with van der Waals surface area (Å²) in [6.45, 7) is 3.92. The zero-order chi connectivity index (χ0) is 8.60. The highest BCUT2D eigenvalue weighted by molar-refractivity contribution is 4.96. The van der Waals surface area contributed by atoms with Crippen LogP contribution in [0.5, 0.6) is 0 Å². The van der Waals surface area contributed by atoms with Crippen molar-refractivity contribution in [1.29, 1.82) is 0 Å². The van der Waals surface area contributed by atoms with E-state index < -0.39 is 0 Å². The van der Waals surface area contributed by atoms with Gasteiger partial charge >= 0.3 is 0 Å². The van der Waals surface area contributed by atoms with E-state index in [9.17, 15) is 5.11 Å². The monoisotopic (exact) mass is 170 g/mol. The molecule has 3 rings (SSSR count). The van der Waals surface area contributed by atoms with Crippen molar-refractivity contribution < 1.29 is 5.11 Å². The Bertz CT molecular complexity index is 150. The maximum Gasteiger partial charge on any atom is 0.0719 e. The number of fused-ring (bicyclic) bond motifs is 3. The van der Waals surface area contributed by atoms with Gasteiger partial charge in [0.1, 0.15) is 0 Å². The Morgan fingerprint density at radius 3 is 2.17 bits per heavy atom. The number of nitrogens with zero attached hydrogens (tertiary/aromatic N) is 1. The number of hydrogen-bond acceptors (Lipinski definition) is 3. The fourth-order valence-electron chi connectivity index (χ4n) is 2.60. The fraction of sp³-hybridized carbons (Fsp3) is 1.00. The van der Waals surface area contributed by atoms with Crippen molar-refractivity contribution in [1.82, 2.24) is 4.90 Å². The maximum absolute atomic E-state index is 9.81. The molecule has 3 aliphatic rings. The first-order chi connectivity index (χ1) is 5.77. The smallest absolute Gasteiger partial charge is 0.0719 e. The molecule has 0 radical (unpaired) electrons. The van der Waals surface area contributed by atoms with E-state index in [1.54, 1.807) is 0 Å². The van der Waals surface area contributed by atoms with Crippen molar-refractivity contribution in [2.45, 2.75) is 25.4 Å². The number of hydrogen-bond donors (Lipinski definition) is 2. The quantitative estimate of drug-likeness (QED) is 0.603. The first kappa shape index (κ1) is 8.48. The van der Waals surface area contributed by atoms with Crippen LogP contribution in [0.15, 0.2) is 0 Å². The SMILES string of the molecule is NCC(O)C12CCN(CC1)CC2. The van der Waals surface area contributed by atoms with Crippen molar-refractivity contribution in [2.75, 3.05) is 26.2 Å². The topological polar surface area (TPSA) is 49.5 Å². The van der Waals surface area contributed by atoms with Crippen molar-refractivity contribution in [3.05, 3.63) is 0 Å². The molecule has 0 saturated carbocycles. The van der Waals surface area contributed by atoms with Crippen LogP contribution >= 0.6 is 0 Å². The van der Waals surface area contributed by atoms with E-state index in [2.05, 4.69) is 4.90 Å². The summed E-state index contributed by atoms with van der Waals surface area (Å²) in [6.07, 6.45) is 3.17. The van der Waals surface area contributed by atoms with Crippen molar-refractivity contribution in [3.63, 3.8) is 0 Å². The van der Waals surface area contributed by atoms with Gasteiger partial charge in [0.25, 0.3) is 0 Å². The van der Waals surface area contributed by atoms with E-state index >= 15 is 0 Å².